The van der Waals surface area contributed by atoms with Crippen LogP contribution in [0.2, 0.25) is 0 Å². The Labute approximate surface area is 189 Å². The standard InChI is InChI=1S/C21H22N6O4S/c1-28-11-10-27-19(14-6-8-22-9-7-14)24-26-21(27)32-13-18-23-25-20(31-18)15-4-5-16(29-2)17(12-15)30-3/h4-9,12H,10-11,13H2,1-3H3. The van der Waals surface area contributed by atoms with E-state index in [0.29, 0.717) is 42.2 Å². The zero-order valence-corrected chi connectivity index (χ0v) is 18.7. The van der Waals surface area contributed by atoms with Crippen LogP contribution in [0.1, 0.15) is 5.89 Å². The van der Waals surface area contributed by atoms with E-state index in [9.17, 15) is 0 Å². The third-order valence-electron chi connectivity index (χ3n) is 4.60. The minimum absolute atomic E-state index is 0.403. The van der Waals surface area contributed by atoms with E-state index in [0.717, 1.165) is 22.1 Å². The van der Waals surface area contributed by atoms with Crippen LogP contribution in [0.15, 0.2) is 52.3 Å². The SMILES string of the molecule is COCCn1c(SCc2nnc(-c3ccc(OC)c(OC)c3)o2)nnc1-c1ccncc1. The van der Waals surface area contributed by atoms with Crippen LogP contribution in [0.25, 0.3) is 22.8 Å². The van der Waals surface area contributed by atoms with E-state index < -0.39 is 0 Å². The van der Waals surface area contributed by atoms with Gasteiger partial charge >= 0.3 is 0 Å². The maximum absolute atomic E-state index is 5.85. The zero-order chi connectivity index (χ0) is 22.3. The molecule has 0 saturated carbocycles. The van der Waals surface area contributed by atoms with Gasteiger partial charge in [0.15, 0.2) is 22.5 Å². The van der Waals surface area contributed by atoms with Gasteiger partial charge in [0.2, 0.25) is 11.8 Å². The fourth-order valence-electron chi connectivity index (χ4n) is 3.02. The molecule has 0 saturated heterocycles. The average Bonchev–Trinajstić information content (AvgIpc) is 3.48. The Morgan fingerprint density at radius 3 is 2.47 bits per heavy atom. The number of thioether (sulfide) groups is 1. The average molecular weight is 455 g/mol. The summed E-state index contributed by atoms with van der Waals surface area (Å²) >= 11 is 1.47. The van der Waals surface area contributed by atoms with Crippen molar-refractivity contribution >= 4 is 11.8 Å². The second kappa shape index (κ2) is 10.2. The molecule has 0 unspecified atom stereocenters. The topological polar surface area (TPSA) is 110 Å². The van der Waals surface area contributed by atoms with E-state index in [1.54, 1.807) is 45.9 Å². The fourth-order valence-corrected chi connectivity index (χ4v) is 3.82. The predicted molar refractivity (Wildman–Crippen MR) is 118 cm³/mol. The smallest absolute Gasteiger partial charge is 0.247 e. The van der Waals surface area contributed by atoms with Crippen molar-refractivity contribution < 1.29 is 18.6 Å². The minimum atomic E-state index is 0.403. The first-order valence-corrected chi connectivity index (χ1v) is 10.7. The van der Waals surface area contributed by atoms with Gasteiger partial charge in [-0.3, -0.25) is 9.55 Å². The molecule has 11 heteroatoms. The molecule has 0 bridgehead atoms. The molecule has 3 heterocycles. The van der Waals surface area contributed by atoms with Gasteiger partial charge in [-0.1, -0.05) is 11.8 Å². The van der Waals surface area contributed by atoms with Gasteiger partial charge < -0.3 is 18.6 Å². The van der Waals surface area contributed by atoms with Crippen molar-refractivity contribution in [3.05, 3.63) is 48.6 Å². The van der Waals surface area contributed by atoms with Crippen LogP contribution in [0.4, 0.5) is 0 Å². The highest BCUT2D eigenvalue weighted by Gasteiger charge is 2.17. The number of ether oxygens (including phenoxy) is 3. The van der Waals surface area contributed by atoms with Crippen LogP contribution < -0.4 is 9.47 Å². The molecule has 4 aromatic rings. The lowest BCUT2D eigenvalue weighted by Gasteiger charge is -2.09. The molecule has 32 heavy (non-hydrogen) atoms. The summed E-state index contributed by atoms with van der Waals surface area (Å²) in [5, 5.41) is 17.8. The van der Waals surface area contributed by atoms with Gasteiger partial charge in [0.25, 0.3) is 0 Å². The third kappa shape index (κ3) is 4.73. The fraction of sp³-hybridized carbons (Fsp3) is 0.286. The van der Waals surface area contributed by atoms with Gasteiger partial charge in [-0.15, -0.1) is 20.4 Å². The monoisotopic (exact) mass is 454 g/mol. The van der Waals surface area contributed by atoms with Crippen LogP contribution in [0, 0.1) is 0 Å². The molecule has 1 aromatic carbocycles. The van der Waals surface area contributed by atoms with Crippen molar-refractivity contribution in [3.63, 3.8) is 0 Å². The molecule has 3 aromatic heterocycles. The van der Waals surface area contributed by atoms with E-state index in [1.165, 1.54) is 11.8 Å². The van der Waals surface area contributed by atoms with Crippen molar-refractivity contribution in [2.24, 2.45) is 0 Å². The highest BCUT2D eigenvalue weighted by molar-refractivity contribution is 7.98. The molecule has 10 nitrogen and oxygen atoms in total. The molecule has 166 valence electrons. The normalized spacial score (nSPS) is 11.0. The number of rotatable bonds is 10. The Hall–Kier alpha value is -3.44. The quantitative estimate of drug-likeness (QED) is 0.331. The third-order valence-corrected chi connectivity index (χ3v) is 5.55. The second-order valence-corrected chi connectivity index (χ2v) is 7.49. The van der Waals surface area contributed by atoms with Crippen molar-refractivity contribution in [2.45, 2.75) is 17.5 Å². The minimum Gasteiger partial charge on any atom is -0.493 e. The Kier molecular flexibility index (Phi) is 6.97. The molecule has 0 atom stereocenters. The first kappa shape index (κ1) is 21.8. The highest BCUT2D eigenvalue weighted by atomic mass is 32.2. The van der Waals surface area contributed by atoms with E-state index in [4.69, 9.17) is 18.6 Å². The predicted octanol–water partition coefficient (Wildman–Crippen LogP) is 3.35. The number of methoxy groups -OCH3 is 3. The first-order valence-electron chi connectivity index (χ1n) is 9.73. The van der Waals surface area contributed by atoms with Crippen molar-refractivity contribution in [1.29, 1.82) is 0 Å². The first-order chi connectivity index (χ1) is 15.7. The molecule has 0 aliphatic rings. The van der Waals surface area contributed by atoms with E-state index >= 15 is 0 Å². The largest absolute Gasteiger partial charge is 0.493 e. The molecule has 0 N–H and O–H groups in total. The summed E-state index contributed by atoms with van der Waals surface area (Å²) < 4.78 is 23.7. The van der Waals surface area contributed by atoms with Gasteiger partial charge in [-0.2, -0.15) is 0 Å². The Balaban J connectivity index is 1.51. The molecule has 0 spiro atoms. The summed E-state index contributed by atoms with van der Waals surface area (Å²) in [6.45, 7) is 1.15. The summed E-state index contributed by atoms with van der Waals surface area (Å²) in [7, 11) is 4.83. The maximum Gasteiger partial charge on any atom is 0.247 e. The number of hydrogen-bond donors (Lipinski definition) is 0. The van der Waals surface area contributed by atoms with E-state index in [2.05, 4.69) is 25.4 Å². The number of hydrogen-bond acceptors (Lipinski definition) is 10. The highest BCUT2D eigenvalue weighted by Crippen LogP contribution is 2.32. The lowest BCUT2D eigenvalue weighted by molar-refractivity contribution is 0.185. The second-order valence-electron chi connectivity index (χ2n) is 6.55. The van der Waals surface area contributed by atoms with Gasteiger partial charge in [-0.05, 0) is 30.3 Å². The Morgan fingerprint density at radius 1 is 0.906 bits per heavy atom. The molecular formula is C21H22N6O4S. The van der Waals surface area contributed by atoms with Crippen molar-refractivity contribution in [1.82, 2.24) is 29.9 Å². The number of nitrogens with zero attached hydrogens (tertiary/aromatic N) is 6. The number of pyridine rings is 1. The van der Waals surface area contributed by atoms with E-state index in [-0.39, 0.29) is 0 Å². The van der Waals surface area contributed by atoms with Crippen LogP contribution in [-0.4, -0.2) is 57.9 Å². The van der Waals surface area contributed by atoms with Crippen LogP contribution in [0.3, 0.4) is 0 Å². The summed E-state index contributed by atoms with van der Waals surface area (Å²) in [6, 6.07) is 9.23. The summed E-state index contributed by atoms with van der Waals surface area (Å²) in [5.74, 6) is 3.30. The van der Waals surface area contributed by atoms with E-state index in [1.807, 2.05) is 22.8 Å². The van der Waals surface area contributed by atoms with Gasteiger partial charge in [-0.25, -0.2) is 0 Å². The van der Waals surface area contributed by atoms with Crippen molar-refractivity contribution in [3.8, 4) is 34.3 Å². The van der Waals surface area contributed by atoms with Gasteiger partial charge in [0.05, 0.1) is 33.1 Å². The molecular weight excluding hydrogens is 432 g/mol. The molecule has 0 amide bonds. The lowest BCUT2D eigenvalue weighted by atomic mass is 10.2. The molecule has 0 fully saturated rings. The molecule has 0 aliphatic heterocycles. The molecule has 0 radical (unpaired) electrons. The van der Waals surface area contributed by atoms with Crippen molar-refractivity contribution in [2.75, 3.05) is 27.9 Å². The number of benzene rings is 1. The molecule has 0 aliphatic carbocycles. The summed E-state index contributed by atoms with van der Waals surface area (Å²) in [5.41, 5.74) is 1.68. The Morgan fingerprint density at radius 2 is 1.72 bits per heavy atom. The Bertz CT molecular complexity index is 1160. The maximum atomic E-state index is 5.85. The van der Waals surface area contributed by atoms with Gasteiger partial charge in [0.1, 0.15) is 0 Å². The van der Waals surface area contributed by atoms with Crippen LogP contribution in [-0.2, 0) is 17.0 Å². The lowest BCUT2D eigenvalue weighted by Crippen LogP contribution is -2.07. The molecule has 4 rings (SSSR count). The van der Waals surface area contributed by atoms with Gasteiger partial charge in [0, 0.05) is 30.6 Å². The van der Waals surface area contributed by atoms with Crippen LogP contribution in [0.5, 0.6) is 11.5 Å². The number of aromatic nitrogens is 6. The zero-order valence-electron chi connectivity index (χ0n) is 17.9. The summed E-state index contributed by atoms with van der Waals surface area (Å²) in [4.78, 5) is 4.06. The summed E-state index contributed by atoms with van der Waals surface area (Å²) in [6.07, 6.45) is 3.46. The van der Waals surface area contributed by atoms with Crippen LogP contribution >= 0.6 is 11.8 Å².